The van der Waals surface area contributed by atoms with E-state index in [4.69, 9.17) is 9.97 Å². The molecule has 2 aromatic heterocycles. The molecule has 2 atom stereocenters. The zero-order valence-electron chi connectivity index (χ0n) is 29.1. The predicted molar refractivity (Wildman–Crippen MR) is 197 cm³/mol. The smallest absolute Gasteiger partial charge is 0.265 e. The number of likely N-dealkylation sites (tertiary alicyclic amines) is 1. The molecule has 286 valence electrons. The lowest BCUT2D eigenvalue weighted by Gasteiger charge is -2.53. The van der Waals surface area contributed by atoms with Crippen molar-refractivity contribution in [3.63, 3.8) is 0 Å². The van der Waals surface area contributed by atoms with Crippen molar-refractivity contribution in [2.45, 2.75) is 80.4 Å². The monoisotopic (exact) mass is 803 g/mol. The highest BCUT2D eigenvalue weighted by Gasteiger charge is 2.56. The number of alkyl halides is 2. The lowest BCUT2D eigenvalue weighted by atomic mass is 9.67. The average molecular weight is 804 g/mol. The van der Waals surface area contributed by atoms with Gasteiger partial charge in [-0.25, -0.2) is 49.3 Å². The third kappa shape index (κ3) is 6.31. The molecule has 9 rings (SSSR count). The summed E-state index contributed by atoms with van der Waals surface area (Å²) in [5.74, 6) is -3.79. The predicted octanol–water partition coefficient (Wildman–Crippen LogP) is 6.09. The quantitative estimate of drug-likeness (QED) is 0.191. The fourth-order valence-electron chi connectivity index (χ4n) is 9.11. The number of thiazole rings is 1. The van der Waals surface area contributed by atoms with Crippen molar-refractivity contribution in [2.75, 3.05) is 39.5 Å². The molecule has 2 bridgehead atoms. The molecule has 2 N–H and O–H groups in total. The number of aromatic nitrogens is 3. The summed E-state index contributed by atoms with van der Waals surface area (Å²) in [6, 6.07) is 9.66. The third-order valence-corrected chi connectivity index (χ3v) is 16.2. The molecular formula is C36H37F4N7O4S3. The Bertz CT molecular complexity index is 2330. The number of hydrogen-bond donors (Lipinski definition) is 2. The largest absolute Gasteiger partial charge is 0.351 e. The van der Waals surface area contributed by atoms with Crippen LogP contribution >= 0.6 is 11.3 Å². The van der Waals surface area contributed by atoms with Gasteiger partial charge in [-0.15, -0.1) is 0 Å². The average Bonchev–Trinajstić information content (AvgIpc) is 3.60. The van der Waals surface area contributed by atoms with E-state index in [9.17, 15) is 30.0 Å². The van der Waals surface area contributed by atoms with Crippen LogP contribution in [0.4, 0.5) is 34.3 Å². The number of halogens is 4. The van der Waals surface area contributed by atoms with Crippen LogP contribution in [0, 0.1) is 24.0 Å². The van der Waals surface area contributed by atoms with Crippen LogP contribution in [0.5, 0.6) is 0 Å². The van der Waals surface area contributed by atoms with E-state index < -0.39 is 42.3 Å². The van der Waals surface area contributed by atoms with Crippen LogP contribution in [0.2, 0.25) is 0 Å². The zero-order valence-corrected chi connectivity index (χ0v) is 31.6. The van der Waals surface area contributed by atoms with Crippen molar-refractivity contribution in [2.24, 2.45) is 5.41 Å². The molecule has 2 unspecified atom stereocenters. The van der Waals surface area contributed by atoms with Crippen LogP contribution in [0.1, 0.15) is 44.1 Å². The summed E-state index contributed by atoms with van der Waals surface area (Å²) in [4.78, 5) is 18.5. The molecule has 4 aromatic rings. The normalized spacial score (nSPS) is 24.5. The van der Waals surface area contributed by atoms with E-state index in [-0.39, 0.29) is 76.4 Å². The van der Waals surface area contributed by atoms with Crippen LogP contribution in [-0.2, 0) is 19.9 Å². The third-order valence-electron chi connectivity index (χ3n) is 11.5. The molecule has 18 heteroatoms. The Hall–Kier alpha value is -3.87. The van der Waals surface area contributed by atoms with Gasteiger partial charge in [-0.1, -0.05) is 29.5 Å². The van der Waals surface area contributed by atoms with E-state index in [1.54, 1.807) is 12.3 Å². The second-order valence-corrected chi connectivity index (χ2v) is 20.2. The second-order valence-electron chi connectivity index (χ2n) is 15.5. The Morgan fingerprint density at radius 2 is 1.63 bits per heavy atom. The highest BCUT2D eigenvalue weighted by atomic mass is 32.2. The first-order valence-electron chi connectivity index (χ1n) is 17.9. The number of hydrogen-bond acceptors (Lipinski definition) is 11. The highest BCUT2D eigenvalue weighted by Crippen LogP contribution is 2.51. The molecule has 2 aliphatic carbocycles. The summed E-state index contributed by atoms with van der Waals surface area (Å²) < 4.78 is 111. The zero-order chi connectivity index (χ0) is 37.8. The number of rotatable bonds is 9. The molecule has 0 amide bonds. The lowest BCUT2D eigenvalue weighted by Crippen LogP contribution is -2.61. The fraction of sp³-hybridized carbons (Fsp3) is 0.472. The number of nitrogens with one attached hydrogen (secondary N) is 2. The van der Waals surface area contributed by atoms with Crippen molar-refractivity contribution in [3.8, 4) is 21.8 Å². The van der Waals surface area contributed by atoms with Crippen LogP contribution in [0.3, 0.4) is 0 Å². The van der Waals surface area contributed by atoms with Crippen molar-refractivity contribution in [1.29, 1.82) is 0 Å². The van der Waals surface area contributed by atoms with Crippen LogP contribution in [0.25, 0.3) is 21.8 Å². The minimum atomic E-state index is -4.53. The molecule has 1 spiro atoms. The Morgan fingerprint density at radius 1 is 0.926 bits per heavy atom. The van der Waals surface area contributed by atoms with Crippen molar-refractivity contribution in [3.05, 3.63) is 65.9 Å². The van der Waals surface area contributed by atoms with Gasteiger partial charge < -0.3 is 10.2 Å². The summed E-state index contributed by atoms with van der Waals surface area (Å²) >= 11 is 1.32. The van der Waals surface area contributed by atoms with E-state index >= 15 is 4.39 Å². The summed E-state index contributed by atoms with van der Waals surface area (Å²) in [5, 5.41) is 3.92. The highest BCUT2D eigenvalue weighted by molar-refractivity contribution is 7.93. The van der Waals surface area contributed by atoms with Gasteiger partial charge in [-0.05, 0) is 62.4 Å². The van der Waals surface area contributed by atoms with Gasteiger partial charge in [0, 0.05) is 67.3 Å². The molecule has 5 fully saturated rings. The minimum Gasteiger partial charge on any atom is -0.351 e. The maximum Gasteiger partial charge on any atom is 0.265 e. The first kappa shape index (κ1) is 35.8. The molecule has 2 aromatic carbocycles. The molecule has 54 heavy (non-hydrogen) atoms. The lowest BCUT2D eigenvalue weighted by molar-refractivity contribution is -0.127. The van der Waals surface area contributed by atoms with Crippen molar-refractivity contribution in [1.82, 2.24) is 19.9 Å². The van der Waals surface area contributed by atoms with Gasteiger partial charge in [0.05, 0.1) is 33.5 Å². The van der Waals surface area contributed by atoms with Crippen molar-refractivity contribution >= 4 is 48.0 Å². The Balaban J connectivity index is 1.05. The number of sulfone groups is 1. The van der Waals surface area contributed by atoms with Gasteiger partial charge in [-0.3, -0.25) is 9.62 Å². The molecule has 2 saturated carbocycles. The second kappa shape index (κ2) is 12.6. The first-order chi connectivity index (χ1) is 25.6. The maximum absolute atomic E-state index is 16.6. The van der Waals surface area contributed by atoms with Gasteiger partial charge >= 0.3 is 0 Å². The van der Waals surface area contributed by atoms with Crippen LogP contribution in [-0.4, -0.2) is 91.4 Å². The van der Waals surface area contributed by atoms with Gasteiger partial charge in [0.15, 0.2) is 20.8 Å². The van der Waals surface area contributed by atoms with Gasteiger partial charge in [0.2, 0.25) is 5.95 Å². The number of sulfonamides is 1. The topological polar surface area (TPSA) is 137 Å². The molecule has 5 aliphatic rings. The standard InChI is InChI=1S/C36H37F4N7O4S3/c1-20-4-2-6-26(37)32(20)54(50,51)45-27-7-3-5-25(29(27)38)30-31(28-10-11-41-33(43-28)42-21-12-35(13-21)18-53(48,49)19-35)52-34(44-30)47-22-8-9-23(47)17-46(16-22)24-14-36(39,40)15-24/h2-7,10-11,21-24,45H,8-9,12-19H2,1H3,(H,41,42,43). The summed E-state index contributed by atoms with van der Waals surface area (Å²) in [6.45, 7) is 2.66. The van der Waals surface area contributed by atoms with Crippen molar-refractivity contribution < 1.29 is 34.4 Å². The van der Waals surface area contributed by atoms with Gasteiger partial charge in [0.1, 0.15) is 10.7 Å². The van der Waals surface area contributed by atoms with E-state index in [1.165, 1.54) is 48.6 Å². The summed E-state index contributed by atoms with van der Waals surface area (Å²) in [7, 11) is -7.49. The molecule has 0 radical (unpaired) electrons. The van der Waals surface area contributed by atoms with Gasteiger partial charge in [-0.2, -0.15) is 0 Å². The number of fused-ring (bicyclic) bond motifs is 2. The summed E-state index contributed by atoms with van der Waals surface area (Å²) in [5.41, 5.74) is 0.259. The maximum atomic E-state index is 16.6. The van der Waals surface area contributed by atoms with Crippen LogP contribution < -0.4 is 14.9 Å². The molecule has 3 saturated heterocycles. The molecule has 5 heterocycles. The Kier molecular flexibility index (Phi) is 8.34. The fourth-order valence-corrected chi connectivity index (χ4v) is 13.9. The van der Waals surface area contributed by atoms with Gasteiger partial charge in [0.25, 0.3) is 15.9 Å². The van der Waals surface area contributed by atoms with E-state index in [1.807, 2.05) is 0 Å². The number of benzene rings is 2. The Morgan fingerprint density at radius 3 is 2.30 bits per heavy atom. The SMILES string of the molecule is Cc1cccc(F)c1S(=O)(=O)Nc1cccc(-c2nc(N3C4CCC3CN(C3CC(F)(F)C3)C4)sc2-c2ccnc(NC3CC4(C3)CS(=O)(=O)C4)n2)c1F. The molecular weight excluding hydrogens is 767 g/mol. The van der Waals surface area contributed by atoms with Crippen LogP contribution in [0.15, 0.2) is 53.6 Å². The number of aryl methyl sites for hydroxylation is 1. The van der Waals surface area contributed by atoms with E-state index in [0.29, 0.717) is 47.6 Å². The van der Waals surface area contributed by atoms with E-state index in [0.717, 1.165) is 18.9 Å². The number of anilines is 3. The minimum absolute atomic E-state index is 0.000821. The summed E-state index contributed by atoms with van der Waals surface area (Å²) in [6.07, 6.45) is 4.36. The molecule has 3 aliphatic heterocycles. The molecule has 11 nitrogen and oxygen atoms in total. The number of nitrogens with zero attached hydrogens (tertiary/aromatic N) is 5. The Labute approximate surface area is 314 Å². The first-order valence-corrected chi connectivity index (χ1v) is 22.0. The number of piperazine rings is 1. The van der Waals surface area contributed by atoms with E-state index in [2.05, 4.69) is 24.8 Å².